The van der Waals surface area contributed by atoms with Crippen molar-refractivity contribution in [2.75, 3.05) is 5.73 Å². The largest absolute Gasteiger partial charge is 0.487 e. The number of carbonyl (C=O) groups is 1. The van der Waals surface area contributed by atoms with Gasteiger partial charge >= 0.3 is 0 Å². The van der Waals surface area contributed by atoms with Gasteiger partial charge < -0.3 is 15.8 Å². The summed E-state index contributed by atoms with van der Waals surface area (Å²) in [7, 11) is 0. The van der Waals surface area contributed by atoms with E-state index in [2.05, 4.69) is 11.2 Å². The normalized spacial score (nSPS) is 16.0. The fraction of sp³-hybridized carbons (Fsp3) is 0.350. The molecule has 5 heteroatoms. The van der Waals surface area contributed by atoms with E-state index in [0.717, 1.165) is 31.2 Å². The summed E-state index contributed by atoms with van der Waals surface area (Å²) in [5, 5.41) is 4.93. The van der Waals surface area contributed by atoms with Crippen LogP contribution in [0.3, 0.4) is 0 Å². The summed E-state index contributed by atoms with van der Waals surface area (Å²) in [4.78, 5) is 13.3. The lowest BCUT2D eigenvalue weighted by Crippen LogP contribution is -2.48. The summed E-state index contributed by atoms with van der Waals surface area (Å²) in [5.41, 5.74) is 6.88. The van der Waals surface area contributed by atoms with E-state index in [9.17, 15) is 4.79 Å². The van der Waals surface area contributed by atoms with Crippen molar-refractivity contribution in [1.82, 2.24) is 5.32 Å². The second-order valence-corrected chi connectivity index (χ2v) is 7.30. The summed E-state index contributed by atoms with van der Waals surface area (Å²) in [6.45, 7) is 0.386. The van der Waals surface area contributed by atoms with E-state index in [1.807, 2.05) is 35.7 Å². The summed E-state index contributed by atoms with van der Waals surface area (Å²) < 4.78 is 5.84. The lowest BCUT2D eigenvalue weighted by atomic mass is 9.82. The highest BCUT2D eigenvalue weighted by Crippen LogP contribution is 2.30. The highest BCUT2D eigenvalue weighted by atomic mass is 32.1. The number of rotatable bonds is 5. The fourth-order valence-electron chi connectivity index (χ4n) is 3.09. The molecular formula is C20H22N2O2S. The van der Waals surface area contributed by atoms with Gasteiger partial charge in [-0.05, 0) is 42.0 Å². The summed E-state index contributed by atoms with van der Waals surface area (Å²) in [6.07, 6.45) is 10.7. The number of benzene rings is 1. The van der Waals surface area contributed by atoms with Gasteiger partial charge in [0.2, 0.25) is 0 Å². The predicted octanol–water partition coefficient (Wildman–Crippen LogP) is 3.98. The molecule has 1 aliphatic carbocycles. The van der Waals surface area contributed by atoms with Crippen LogP contribution in [0.1, 0.15) is 47.3 Å². The van der Waals surface area contributed by atoms with Gasteiger partial charge in [-0.1, -0.05) is 37.3 Å². The molecule has 1 saturated carbocycles. The molecule has 0 saturated heterocycles. The Morgan fingerprint density at radius 2 is 1.96 bits per heavy atom. The average molecular weight is 354 g/mol. The van der Waals surface area contributed by atoms with Crippen LogP contribution in [0.2, 0.25) is 0 Å². The summed E-state index contributed by atoms with van der Waals surface area (Å²) in [6, 6.07) is 9.31. The van der Waals surface area contributed by atoms with E-state index in [-0.39, 0.29) is 5.91 Å². The number of nitrogen functional groups attached to an aromatic ring is 1. The van der Waals surface area contributed by atoms with E-state index in [1.54, 1.807) is 0 Å². The van der Waals surface area contributed by atoms with E-state index in [1.165, 1.54) is 17.8 Å². The SMILES string of the molecule is C#CC1(NC(=O)c2sccc2OCc2ccc(N)cc2)CCCCC1. The number of ether oxygens (including phenoxy) is 1. The first kappa shape index (κ1) is 17.4. The standard InChI is InChI=1S/C20H22N2O2S/c1-2-20(11-4-3-5-12-20)22-19(23)18-17(10-13-25-18)24-14-15-6-8-16(21)9-7-15/h1,6-10,13H,3-5,11-12,14,21H2,(H,22,23). The Bertz CT molecular complexity index is 768. The molecule has 1 heterocycles. The van der Waals surface area contributed by atoms with Gasteiger partial charge in [-0.15, -0.1) is 17.8 Å². The minimum atomic E-state index is -0.520. The second-order valence-electron chi connectivity index (χ2n) is 6.39. The van der Waals surface area contributed by atoms with Crippen LogP contribution in [0.25, 0.3) is 0 Å². The first-order chi connectivity index (χ1) is 12.1. The van der Waals surface area contributed by atoms with Crippen LogP contribution in [0.15, 0.2) is 35.7 Å². The Morgan fingerprint density at radius 1 is 1.24 bits per heavy atom. The number of thiophene rings is 1. The molecule has 3 N–H and O–H groups in total. The van der Waals surface area contributed by atoms with Gasteiger partial charge in [0.15, 0.2) is 0 Å². The minimum Gasteiger partial charge on any atom is -0.487 e. The number of carbonyl (C=O) groups excluding carboxylic acids is 1. The first-order valence-corrected chi connectivity index (χ1v) is 9.35. The maximum Gasteiger partial charge on any atom is 0.266 e. The van der Waals surface area contributed by atoms with Gasteiger partial charge in [0.05, 0.1) is 0 Å². The Hall–Kier alpha value is -2.45. The lowest BCUT2D eigenvalue weighted by molar-refractivity contribution is 0.0904. The molecular weight excluding hydrogens is 332 g/mol. The van der Waals surface area contributed by atoms with Crippen molar-refractivity contribution in [3.8, 4) is 18.1 Å². The van der Waals surface area contributed by atoms with Crippen molar-refractivity contribution in [3.63, 3.8) is 0 Å². The van der Waals surface area contributed by atoms with E-state index in [0.29, 0.717) is 22.9 Å². The second kappa shape index (κ2) is 7.62. The van der Waals surface area contributed by atoms with Crippen molar-refractivity contribution in [3.05, 3.63) is 46.2 Å². The van der Waals surface area contributed by atoms with Crippen molar-refractivity contribution < 1.29 is 9.53 Å². The maximum absolute atomic E-state index is 12.7. The maximum atomic E-state index is 12.7. The first-order valence-electron chi connectivity index (χ1n) is 8.47. The van der Waals surface area contributed by atoms with E-state index in [4.69, 9.17) is 16.9 Å². The molecule has 4 nitrogen and oxygen atoms in total. The van der Waals surface area contributed by atoms with Crippen LogP contribution in [0, 0.1) is 12.3 Å². The third-order valence-corrected chi connectivity index (χ3v) is 5.44. The van der Waals surface area contributed by atoms with Gasteiger partial charge in [-0.2, -0.15) is 0 Å². The van der Waals surface area contributed by atoms with Crippen molar-refractivity contribution in [2.45, 2.75) is 44.2 Å². The highest BCUT2D eigenvalue weighted by molar-refractivity contribution is 7.12. The van der Waals surface area contributed by atoms with Crippen LogP contribution < -0.4 is 15.8 Å². The minimum absolute atomic E-state index is 0.151. The number of nitrogens with two attached hydrogens (primary N) is 1. The molecule has 1 fully saturated rings. The topological polar surface area (TPSA) is 64.3 Å². The number of nitrogens with one attached hydrogen (secondary N) is 1. The molecule has 25 heavy (non-hydrogen) atoms. The van der Waals surface area contributed by atoms with E-state index >= 15 is 0 Å². The van der Waals surface area contributed by atoms with Crippen molar-refractivity contribution in [2.24, 2.45) is 0 Å². The number of terminal acetylenes is 1. The van der Waals surface area contributed by atoms with Crippen molar-refractivity contribution >= 4 is 22.9 Å². The van der Waals surface area contributed by atoms with Crippen LogP contribution in [-0.2, 0) is 6.61 Å². The molecule has 0 spiro atoms. The zero-order valence-electron chi connectivity index (χ0n) is 14.1. The smallest absolute Gasteiger partial charge is 0.266 e. The van der Waals surface area contributed by atoms with E-state index < -0.39 is 5.54 Å². The molecule has 0 unspecified atom stereocenters. The Balaban J connectivity index is 1.67. The summed E-state index contributed by atoms with van der Waals surface area (Å²) in [5.74, 6) is 3.25. The third kappa shape index (κ3) is 4.15. The molecule has 3 rings (SSSR count). The van der Waals surface area contributed by atoms with Crippen LogP contribution in [0.5, 0.6) is 5.75 Å². The Labute approximate surface area is 152 Å². The fourth-order valence-corrected chi connectivity index (χ4v) is 3.82. The van der Waals surface area contributed by atoms with Crippen LogP contribution in [-0.4, -0.2) is 11.4 Å². The molecule has 130 valence electrons. The quantitative estimate of drug-likeness (QED) is 0.631. The Morgan fingerprint density at radius 3 is 2.64 bits per heavy atom. The van der Waals surface area contributed by atoms with Gasteiger partial charge in [0.25, 0.3) is 5.91 Å². The number of amides is 1. The molecule has 1 aliphatic rings. The molecule has 0 bridgehead atoms. The summed E-state index contributed by atoms with van der Waals surface area (Å²) >= 11 is 1.37. The molecule has 0 atom stereocenters. The van der Waals surface area contributed by atoms with Gasteiger partial charge in [0, 0.05) is 5.69 Å². The molecule has 1 aromatic heterocycles. The number of anilines is 1. The van der Waals surface area contributed by atoms with Gasteiger partial charge in [0.1, 0.15) is 22.8 Å². The van der Waals surface area contributed by atoms with Gasteiger partial charge in [-0.25, -0.2) is 0 Å². The molecule has 1 amide bonds. The average Bonchev–Trinajstić information content (AvgIpc) is 3.11. The zero-order valence-corrected chi connectivity index (χ0v) is 14.9. The van der Waals surface area contributed by atoms with Crippen LogP contribution >= 0.6 is 11.3 Å². The molecule has 0 aliphatic heterocycles. The monoisotopic (exact) mass is 354 g/mol. The van der Waals surface area contributed by atoms with Crippen LogP contribution in [0.4, 0.5) is 5.69 Å². The molecule has 0 radical (unpaired) electrons. The Kier molecular flexibility index (Phi) is 5.30. The lowest BCUT2D eigenvalue weighted by Gasteiger charge is -2.33. The number of hydrogen-bond donors (Lipinski definition) is 2. The zero-order chi connectivity index (χ0) is 17.7. The number of hydrogen-bond acceptors (Lipinski definition) is 4. The highest BCUT2D eigenvalue weighted by Gasteiger charge is 2.32. The predicted molar refractivity (Wildman–Crippen MR) is 102 cm³/mol. The third-order valence-electron chi connectivity index (χ3n) is 4.55. The van der Waals surface area contributed by atoms with Gasteiger partial charge in [-0.3, -0.25) is 4.79 Å². The van der Waals surface area contributed by atoms with Crippen molar-refractivity contribution in [1.29, 1.82) is 0 Å². The molecule has 1 aromatic carbocycles. The molecule has 2 aromatic rings.